The van der Waals surface area contributed by atoms with Gasteiger partial charge in [-0.15, -0.1) is 0 Å². The quantitative estimate of drug-likeness (QED) is 0.737. The third-order valence-corrected chi connectivity index (χ3v) is 2.91. The molecule has 1 aromatic rings. The Labute approximate surface area is 110 Å². The van der Waals surface area contributed by atoms with Crippen LogP contribution in [0.3, 0.4) is 0 Å². The van der Waals surface area contributed by atoms with Crippen LogP contribution in [0.2, 0.25) is 0 Å². The molecule has 2 rings (SSSR count). The highest BCUT2D eigenvalue weighted by molar-refractivity contribution is 6.27. The molecule has 1 aromatic heterocycles. The summed E-state index contributed by atoms with van der Waals surface area (Å²) in [6, 6.07) is 2.48. The maximum Gasteiger partial charge on any atom is 0.414 e. The maximum absolute atomic E-state index is 9.10. The number of likely N-dealkylation sites (tertiary alicyclic amines) is 1. The third-order valence-electron chi connectivity index (χ3n) is 2.91. The number of rotatable bonds is 1. The first-order chi connectivity index (χ1) is 8.81. The van der Waals surface area contributed by atoms with Crippen molar-refractivity contribution in [1.82, 2.24) is 10.1 Å². The zero-order valence-corrected chi connectivity index (χ0v) is 11.2. The van der Waals surface area contributed by atoms with E-state index >= 15 is 0 Å². The van der Waals surface area contributed by atoms with Crippen molar-refractivity contribution in [2.75, 3.05) is 13.6 Å². The van der Waals surface area contributed by atoms with Crippen LogP contribution in [0.15, 0.2) is 10.6 Å². The van der Waals surface area contributed by atoms with Gasteiger partial charge in [-0.05, 0) is 26.3 Å². The van der Waals surface area contributed by atoms with Gasteiger partial charge in [0.2, 0.25) is 0 Å². The molecule has 0 saturated carbocycles. The van der Waals surface area contributed by atoms with E-state index in [0.29, 0.717) is 6.04 Å². The lowest BCUT2D eigenvalue weighted by Gasteiger charge is -2.15. The minimum Gasteiger partial charge on any atom is -0.473 e. The van der Waals surface area contributed by atoms with E-state index in [1.165, 1.54) is 6.42 Å². The zero-order valence-electron chi connectivity index (χ0n) is 11.2. The summed E-state index contributed by atoms with van der Waals surface area (Å²) in [6.45, 7) is 5.40. The number of aromatic nitrogens is 1. The van der Waals surface area contributed by atoms with Crippen molar-refractivity contribution in [3.63, 3.8) is 0 Å². The van der Waals surface area contributed by atoms with Gasteiger partial charge in [0, 0.05) is 12.6 Å². The largest absolute Gasteiger partial charge is 0.473 e. The topological polar surface area (TPSA) is 104 Å². The molecule has 0 aromatic carbocycles. The Balaban J connectivity index is 0.000000258. The fraction of sp³-hybridized carbons (Fsp3) is 0.583. The fourth-order valence-electron chi connectivity index (χ4n) is 2.13. The number of hydrogen-bond acceptors (Lipinski definition) is 5. The molecular formula is C12H18N2O5. The predicted molar refractivity (Wildman–Crippen MR) is 65.7 cm³/mol. The van der Waals surface area contributed by atoms with Gasteiger partial charge in [0.15, 0.2) is 5.76 Å². The summed E-state index contributed by atoms with van der Waals surface area (Å²) in [5, 5.41) is 18.7. The van der Waals surface area contributed by atoms with E-state index in [1.807, 2.05) is 13.0 Å². The summed E-state index contributed by atoms with van der Waals surface area (Å²) in [5.74, 6) is -1.87. The first-order valence-corrected chi connectivity index (χ1v) is 5.91. The molecule has 1 saturated heterocycles. The minimum atomic E-state index is -1.82. The molecule has 0 aliphatic carbocycles. The van der Waals surface area contributed by atoms with Crippen LogP contribution < -0.4 is 0 Å². The van der Waals surface area contributed by atoms with Crippen LogP contribution in [0.1, 0.15) is 30.8 Å². The van der Waals surface area contributed by atoms with E-state index in [2.05, 4.69) is 24.0 Å². The first kappa shape index (κ1) is 15.2. The number of carboxylic acids is 2. The fourth-order valence-corrected chi connectivity index (χ4v) is 2.13. The van der Waals surface area contributed by atoms with Crippen molar-refractivity contribution in [2.45, 2.75) is 26.3 Å². The van der Waals surface area contributed by atoms with Crippen LogP contribution >= 0.6 is 0 Å². The average Bonchev–Trinajstić information content (AvgIpc) is 2.85. The molecule has 2 unspecified atom stereocenters. The molecule has 0 amide bonds. The Kier molecular flexibility index (Phi) is 5.05. The number of nitrogens with zero attached hydrogens (tertiary/aromatic N) is 2. The van der Waals surface area contributed by atoms with Gasteiger partial charge in [0.1, 0.15) is 0 Å². The smallest absolute Gasteiger partial charge is 0.414 e. The lowest BCUT2D eigenvalue weighted by atomic mass is 10.1. The SMILES string of the molecule is Cc1cc(C2CC(C)CN2C)on1.O=C(O)C(=O)O. The Hall–Kier alpha value is -1.89. The normalized spacial score (nSPS) is 22.7. The van der Waals surface area contributed by atoms with Gasteiger partial charge in [-0.1, -0.05) is 12.1 Å². The van der Waals surface area contributed by atoms with Gasteiger partial charge in [0.25, 0.3) is 0 Å². The number of aryl methyl sites for hydroxylation is 1. The lowest BCUT2D eigenvalue weighted by Crippen LogP contribution is -2.17. The van der Waals surface area contributed by atoms with E-state index in [1.54, 1.807) is 0 Å². The molecule has 7 nitrogen and oxygen atoms in total. The monoisotopic (exact) mass is 270 g/mol. The van der Waals surface area contributed by atoms with Crippen molar-refractivity contribution >= 4 is 11.9 Å². The Bertz CT molecular complexity index is 445. The highest BCUT2D eigenvalue weighted by Gasteiger charge is 2.30. The summed E-state index contributed by atoms with van der Waals surface area (Å²) < 4.78 is 5.28. The highest BCUT2D eigenvalue weighted by Crippen LogP contribution is 2.33. The van der Waals surface area contributed by atoms with Crippen molar-refractivity contribution in [1.29, 1.82) is 0 Å². The molecule has 0 radical (unpaired) electrons. The summed E-state index contributed by atoms with van der Waals surface area (Å²) in [7, 11) is 2.14. The summed E-state index contributed by atoms with van der Waals surface area (Å²) >= 11 is 0. The summed E-state index contributed by atoms with van der Waals surface area (Å²) in [4.78, 5) is 20.5. The maximum atomic E-state index is 9.10. The average molecular weight is 270 g/mol. The molecular weight excluding hydrogens is 252 g/mol. The predicted octanol–water partition coefficient (Wildman–Crippen LogP) is 1.15. The van der Waals surface area contributed by atoms with Crippen molar-refractivity contribution in [2.24, 2.45) is 5.92 Å². The second-order valence-corrected chi connectivity index (χ2v) is 4.78. The summed E-state index contributed by atoms with van der Waals surface area (Å²) in [6.07, 6.45) is 1.19. The van der Waals surface area contributed by atoms with Crippen LogP contribution in [0.5, 0.6) is 0 Å². The molecule has 0 bridgehead atoms. The minimum absolute atomic E-state index is 0.441. The van der Waals surface area contributed by atoms with Crippen LogP contribution in [-0.4, -0.2) is 45.8 Å². The van der Waals surface area contributed by atoms with Gasteiger partial charge in [-0.25, -0.2) is 9.59 Å². The number of aliphatic carboxylic acids is 2. The number of carbonyl (C=O) groups is 2. The van der Waals surface area contributed by atoms with Gasteiger partial charge >= 0.3 is 11.9 Å². The Morgan fingerprint density at radius 2 is 2.00 bits per heavy atom. The van der Waals surface area contributed by atoms with Crippen molar-refractivity contribution < 1.29 is 24.3 Å². The van der Waals surface area contributed by atoms with E-state index in [4.69, 9.17) is 24.3 Å². The standard InChI is InChI=1S/C10H16N2O.C2H2O4/c1-7-4-9(12(3)6-7)10-5-8(2)11-13-10;3-1(4)2(5)6/h5,7,9H,4,6H2,1-3H3;(H,3,4)(H,5,6). The van der Waals surface area contributed by atoms with Gasteiger partial charge < -0.3 is 14.7 Å². The molecule has 1 aliphatic heterocycles. The second-order valence-electron chi connectivity index (χ2n) is 4.78. The molecule has 106 valence electrons. The van der Waals surface area contributed by atoms with E-state index in [-0.39, 0.29) is 0 Å². The van der Waals surface area contributed by atoms with Crippen molar-refractivity contribution in [3.05, 3.63) is 17.5 Å². The van der Waals surface area contributed by atoms with Gasteiger partial charge in [0.05, 0.1) is 11.7 Å². The van der Waals surface area contributed by atoms with E-state index in [0.717, 1.165) is 23.9 Å². The molecule has 2 N–H and O–H groups in total. The molecule has 1 fully saturated rings. The molecule has 2 heterocycles. The van der Waals surface area contributed by atoms with Crippen LogP contribution in [0, 0.1) is 12.8 Å². The first-order valence-electron chi connectivity index (χ1n) is 5.91. The molecule has 1 aliphatic rings. The number of hydrogen-bond donors (Lipinski definition) is 2. The van der Waals surface area contributed by atoms with Crippen LogP contribution in [-0.2, 0) is 9.59 Å². The lowest BCUT2D eigenvalue weighted by molar-refractivity contribution is -0.159. The Morgan fingerprint density at radius 1 is 1.42 bits per heavy atom. The highest BCUT2D eigenvalue weighted by atomic mass is 16.5. The van der Waals surface area contributed by atoms with E-state index < -0.39 is 11.9 Å². The number of carboxylic acid groups (broad SMARTS) is 2. The third kappa shape index (κ3) is 4.36. The van der Waals surface area contributed by atoms with Crippen molar-refractivity contribution in [3.8, 4) is 0 Å². The molecule has 19 heavy (non-hydrogen) atoms. The summed E-state index contributed by atoms with van der Waals surface area (Å²) in [5.41, 5.74) is 0.975. The van der Waals surface area contributed by atoms with E-state index in [9.17, 15) is 0 Å². The van der Waals surface area contributed by atoms with Gasteiger partial charge in [-0.3, -0.25) is 4.90 Å². The Morgan fingerprint density at radius 3 is 2.32 bits per heavy atom. The van der Waals surface area contributed by atoms with Crippen LogP contribution in [0.4, 0.5) is 0 Å². The molecule has 0 spiro atoms. The molecule has 7 heteroatoms. The van der Waals surface area contributed by atoms with Gasteiger partial charge in [-0.2, -0.15) is 0 Å². The molecule has 2 atom stereocenters. The second kappa shape index (κ2) is 6.33. The zero-order chi connectivity index (χ0) is 14.6. The van der Waals surface area contributed by atoms with Crippen LogP contribution in [0.25, 0.3) is 0 Å².